The number of carbonyl (C=O) groups excluding carboxylic acids is 1. The van der Waals surface area contributed by atoms with Crippen molar-refractivity contribution in [3.8, 4) is 0 Å². The number of carbonyl (C=O) groups is 1. The highest BCUT2D eigenvalue weighted by atomic mass is 35.5. The Morgan fingerprint density at radius 1 is 1.30 bits per heavy atom. The van der Waals surface area contributed by atoms with Crippen molar-refractivity contribution in [3.05, 3.63) is 57.8 Å². The summed E-state index contributed by atoms with van der Waals surface area (Å²) in [5.74, 6) is -0.318. The molecule has 2 rings (SSSR count). The Morgan fingerprint density at radius 3 is 2.55 bits per heavy atom. The first-order chi connectivity index (χ1) is 9.61. The lowest BCUT2D eigenvalue weighted by Gasteiger charge is -2.17. The van der Waals surface area contributed by atoms with Crippen molar-refractivity contribution >= 4 is 29.1 Å². The molecule has 0 saturated carbocycles. The lowest BCUT2D eigenvalue weighted by atomic mass is 10.0. The molecule has 6 heteroatoms. The number of benzene rings is 1. The average molecular weight is 313 g/mol. The van der Waals surface area contributed by atoms with E-state index in [2.05, 4.69) is 10.3 Å². The SMILES string of the molecule is O=C(N[C@H](CCO)c1ccccc1)c1cc(Cl)c(Cl)[nH]1. The van der Waals surface area contributed by atoms with Crippen LogP contribution in [0.1, 0.15) is 28.5 Å². The minimum Gasteiger partial charge on any atom is -0.396 e. The zero-order valence-corrected chi connectivity index (χ0v) is 12.1. The number of aliphatic hydroxyl groups excluding tert-OH is 1. The molecule has 0 unspecified atom stereocenters. The molecule has 1 aromatic heterocycles. The van der Waals surface area contributed by atoms with Crippen LogP contribution in [-0.4, -0.2) is 22.6 Å². The van der Waals surface area contributed by atoms with Gasteiger partial charge in [-0.15, -0.1) is 0 Å². The first kappa shape index (κ1) is 14.9. The molecule has 1 aromatic carbocycles. The summed E-state index contributed by atoms with van der Waals surface area (Å²) in [7, 11) is 0. The van der Waals surface area contributed by atoms with Crippen molar-refractivity contribution in [2.45, 2.75) is 12.5 Å². The standard InChI is InChI=1S/C14H14Cl2N2O2/c15-10-8-12(17-13(10)16)14(20)18-11(6-7-19)9-4-2-1-3-5-9/h1-5,8,11,17,19H,6-7H2,(H,18,20)/t11-/m1/s1. The molecular formula is C14H14Cl2N2O2. The molecule has 20 heavy (non-hydrogen) atoms. The highest BCUT2D eigenvalue weighted by Gasteiger charge is 2.17. The molecule has 1 amide bonds. The fourth-order valence-corrected chi connectivity index (χ4v) is 2.21. The molecule has 1 heterocycles. The molecule has 0 spiro atoms. The fourth-order valence-electron chi connectivity index (χ4n) is 1.90. The zero-order valence-electron chi connectivity index (χ0n) is 10.6. The number of nitrogens with one attached hydrogen (secondary N) is 2. The topological polar surface area (TPSA) is 65.1 Å². The highest BCUT2D eigenvalue weighted by Crippen LogP contribution is 2.23. The molecule has 0 fully saturated rings. The summed E-state index contributed by atoms with van der Waals surface area (Å²) in [6.45, 7) is -0.0217. The number of aromatic nitrogens is 1. The minimum atomic E-state index is -0.318. The third-order valence-corrected chi connectivity index (χ3v) is 3.59. The van der Waals surface area contributed by atoms with Crippen LogP contribution in [0.15, 0.2) is 36.4 Å². The van der Waals surface area contributed by atoms with E-state index in [1.807, 2.05) is 30.3 Å². The molecule has 0 aliphatic rings. The van der Waals surface area contributed by atoms with Gasteiger partial charge in [0.15, 0.2) is 0 Å². The van der Waals surface area contributed by atoms with Gasteiger partial charge >= 0.3 is 0 Å². The summed E-state index contributed by atoms with van der Waals surface area (Å²) in [4.78, 5) is 14.8. The second-order valence-corrected chi connectivity index (χ2v) is 5.08. The Hall–Kier alpha value is -1.49. The van der Waals surface area contributed by atoms with Gasteiger partial charge < -0.3 is 15.4 Å². The summed E-state index contributed by atoms with van der Waals surface area (Å²) in [6, 6.07) is 10.7. The first-order valence-corrected chi connectivity index (χ1v) is 6.88. The van der Waals surface area contributed by atoms with Gasteiger partial charge in [0.2, 0.25) is 0 Å². The number of H-pyrrole nitrogens is 1. The predicted molar refractivity (Wildman–Crippen MR) is 79.2 cm³/mol. The van der Waals surface area contributed by atoms with E-state index in [1.54, 1.807) is 0 Å². The van der Waals surface area contributed by atoms with Crippen molar-refractivity contribution in [1.82, 2.24) is 10.3 Å². The molecule has 0 saturated heterocycles. The van der Waals surface area contributed by atoms with E-state index in [1.165, 1.54) is 6.07 Å². The maximum absolute atomic E-state index is 12.1. The summed E-state index contributed by atoms with van der Waals surface area (Å²) in [6.07, 6.45) is 0.428. The van der Waals surface area contributed by atoms with E-state index in [-0.39, 0.29) is 23.7 Å². The average Bonchev–Trinajstić information content (AvgIpc) is 2.79. The summed E-state index contributed by atoms with van der Waals surface area (Å²) >= 11 is 11.6. The summed E-state index contributed by atoms with van der Waals surface area (Å²) < 4.78 is 0. The van der Waals surface area contributed by atoms with E-state index in [0.29, 0.717) is 17.1 Å². The largest absolute Gasteiger partial charge is 0.396 e. The molecule has 0 radical (unpaired) electrons. The molecule has 0 bridgehead atoms. The second kappa shape index (κ2) is 6.79. The van der Waals surface area contributed by atoms with Gasteiger partial charge in [0, 0.05) is 6.61 Å². The van der Waals surface area contributed by atoms with Crippen molar-refractivity contribution in [2.75, 3.05) is 6.61 Å². The van der Waals surface area contributed by atoms with Gasteiger partial charge in [-0.05, 0) is 18.1 Å². The molecule has 0 aliphatic heterocycles. The summed E-state index contributed by atoms with van der Waals surface area (Å²) in [5.41, 5.74) is 1.22. The predicted octanol–water partition coefficient (Wildman–Crippen LogP) is 3.18. The molecule has 1 atom stereocenters. The molecule has 106 valence electrons. The first-order valence-electron chi connectivity index (χ1n) is 6.12. The van der Waals surface area contributed by atoms with Crippen molar-refractivity contribution in [3.63, 3.8) is 0 Å². The number of rotatable bonds is 5. The number of aliphatic hydroxyl groups is 1. The third kappa shape index (κ3) is 3.54. The minimum absolute atomic E-state index is 0.0217. The molecule has 3 N–H and O–H groups in total. The van der Waals surface area contributed by atoms with Crippen LogP contribution < -0.4 is 5.32 Å². The van der Waals surface area contributed by atoms with Gasteiger partial charge in [-0.2, -0.15) is 0 Å². The maximum atomic E-state index is 12.1. The van der Waals surface area contributed by atoms with Gasteiger partial charge in [-0.3, -0.25) is 4.79 Å². The van der Waals surface area contributed by atoms with Crippen LogP contribution >= 0.6 is 23.2 Å². The van der Waals surface area contributed by atoms with E-state index in [0.717, 1.165) is 5.56 Å². The second-order valence-electron chi connectivity index (χ2n) is 4.29. The van der Waals surface area contributed by atoms with Crippen LogP contribution in [-0.2, 0) is 0 Å². The Bertz CT molecular complexity index is 565. The highest BCUT2D eigenvalue weighted by molar-refractivity contribution is 6.41. The van der Waals surface area contributed by atoms with Gasteiger partial charge in [0.05, 0.1) is 11.1 Å². The van der Waals surface area contributed by atoms with E-state index < -0.39 is 0 Å². The van der Waals surface area contributed by atoms with Gasteiger partial charge in [0.25, 0.3) is 5.91 Å². The molecule has 4 nitrogen and oxygen atoms in total. The van der Waals surface area contributed by atoms with Crippen molar-refractivity contribution in [1.29, 1.82) is 0 Å². The van der Waals surface area contributed by atoms with Gasteiger partial charge in [0.1, 0.15) is 10.8 Å². The Kier molecular flexibility index (Phi) is 5.06. The fraction of sp³-hybridized carbons (Fsp3) is 0.214. The third-order valence-electron chi connectivity index (χ3n) is 2.89. The zero-order chi connectivity index (χ0) is 14.5. The number of hydrogen-bond acceptors (Lipinski definition) is 2. The Labute approximate surface area is 126 Å². The lowest BCUT2D eigenvalue weighted by Crippen LogP contribution is -2.29. The Balaban J connectivity index is 2.14. The molecular weight excluding hydrogens is 299 g/mol. The van der Waals surface area contributed by atoms with Crippen molar-refractivity contribution in [2.24, 2.45) is 0 Å². The number of amides is 1. The van der Waals surface area contributed by atoms with Crippen LogP contribution in [0.3, 0.4) is 0 Å². The van der Waals surface area contributed by atoms with Crippen LogP contribution in [0.4, 0.5) is 0 Å². The van der Waals surface area contributed by atoms with E-state index >= 15 is 0 Å². The van der Waals surface area contributed by atoms with Gasteiger partial charge in [-0.25, -0.2) is 0 Å². The summed E-state index contributed by atoms with van der Waals surface area (Å²) in [5, 5.41) is 12.5. The van der Waals surface area contributed by atoms with E-state index in [4.69, 9.17) is 28.3 Å². The maximum Gasteiger partial charge on any atom is 0.268 e. The number of hydrogen-bond donors (Lipinski definition) is 3. The van der Waals surface area contributed by atoms with Crippen LogP contribution in [0.25, 0.3) is 0 Å². The monoisotopic (exact) mass is 312 g/mol. The molecule has 2 aromatic rings. The quantitative estimate of drug-likeness (QED) is 0.794. The van der Waals surface area contributed by atoms with Crippen molar-refractivity contribution < 1.29 is 9.90 Å². The number of halogens is 2. The van der Waals surface area contributed by atoms with E-state index in [9.17, 15) is 4.79 Å². The number of aromatic amines is 1. The van der Waals surface area contributed by atoms with Crippen LogP contribution in [0.5, 0.6) is 0 Å². The lowest BCUT2D eigenvalue weighted by molar-refractivity contribution is 0.0925. The normalized spacial score (nSPS) is 12.2. The van der Waals surface area contributed by atoms with Crippen LogP contribution in [0.2, 0.25) is 10.2 Å². The van der Waals surface area contributed by atoms with Gasteiger partial charge in [-0.1, -0.05) is 53.5 Å². The Morgan fingerprint density at radius 2 is 2.00 bits per heavy atom. The molecule has 0 aliphatic carbocycles. The van der Waals surface area contributed by atoms with Crippen LogP contribution in [0, 0.1) is 0 Å². The smallest absolute Gasteiger partial charge is 0.268 e.